The highest BCUT2D eigenvalue weighted by atomic mass is 32.2. The van der Waals surface area contributed by atoms with Crippen LogP contribution in [0.3, 0.4) is 0 Å². The summed E-state index contributed by atoms with van der Waals surface area (Å²) in [5.74, 6) is -2.06. The molecule has 3 nitrogen and oxygen atoms in total. The van der Waals surface area contributed by atoms with Gasteiger partial charge in [-0.2, -0.15) is 0 Å². The Morgan fingerprint density at radius 3 is 2.63 bits per heavy atom. The largest absolute Gasteiger partial charge is 0.389 e. The van der Waals surface area contributed by atoms with E-state index in [0.717, 1.165) is 0 Å². The molecule has 2 atom stereocenters. The Morgan fingerprint density at radius 1 is 1.47 bits per heavy atom. The molecule has 1 aromatic carbocycles. The van der Waals surface area contributed by atoms with Gasteiger partial charge in [-0.1, -0.05) is 19.1 Å². The summed E-state index contributed by atoms with van der Waals surface area (Å²) in [6.07, 6.45) is 2.21. The van der Waals surface area contributed by atoms with E-state index in [4.69, 9.17) is 5.73 Å². The van der Waals surface area contributed by atoms with Crippen molar-refractivity contribution in [3.05, 3.63) is 29.3 Å². The molecule has 0 aliphatic carbocycles. The highest BCUT2D eigenvalue weighted by Crippen LogP contribution is 2.20. The van der Waals surface area contributed by atoms with Gasteiger partial charge in [0.2, 0.25) is 0 Å². The number of thiocarbonyl (C=S) groups is 1. The maximum absolute atomic E-state index is 13.7. The summed E-state index contributed by atoms with van der Waals surface area (Å²) in [7, 11) is -0.929. The lowest BCUT2D eigenvalue weighted by Crippen LogP contribution is -2.17. The average molecular weight is 306 g/mol. The fourth-order valence-corrected chi connectivity index (χ4v) is 2.06. The van der Waals surface area contributed by atoms with Crippen molar-refractivity contribution in [2.75, 3.05) is 18.1 Å². The van der Waals surface area contributed by atoms with Gasteiger partial charge in [0.15, 0.2) is 11.6 Å². The van der Waals surface area contributed by atoms with Crippen LogP contribution < -0.4 is 11.1 Å². The van der Waals surface area contributed by atoms with Crippen molar-refractivity contribution in [2.24, 2.45) is 5.73 Å². The Morgan fingerprint density at radius 2 is 2.11 bits per heavy atom. The van der Waals surface area contributed by atoms with Crippen molar-refractivity contribution in [3.8, 4) is 0 Å². The first kappa shape index (κ1) is 16.0. The molecule has 0 fully saturated rings. The molecule has 0 radical (unpaired) electrons. The van der Waals surface area contributed by atoms with Gasteiger partial charge >= 0.3 is 0 Å². The van der Waals surface area contributed by atoms with Gasteiger partial charge in [0.25, 0.3) is 0 Å². The van der Waals surface area contributed by atoms with E-state index in [-0.39, 0.29) is 21.5 Å². The molecule has 0 spiro atoms. The van der Waals surface area contributed by atoms with Gasteiger partial charge < -0.3 is 11.1 Å². The first-order valence-electron chi connectivity index (χ1n) is 5.68. The lowest BCUT2D eigenvalue weighted by molar-refractivity contribution is 0.509. The molecule has 1 rings (SSSR count). The molecular weight excluding hydrogens is 290 g/mol. The SMILES string of the molecule is CC(CCNc1ccc(C(N)=S)c(F)c1F)S(C)=O. The zero-order chi connectivity index (χ0) is 14.6. The number of anilines is 1. The van der Waals surface area contributed by atoms with Crippen LogP contribution in [-0.4, -0.2) is 27.2 Å². The molecule has 0 heterocycles. The second-order valence-electron chi connectivity index (χ2n) is 4.18. The highest BCUT2D eigenvalue weighted by molar-refractivity contribution is 7.84. The minimum absolute atomic E-state index is 0.00343. The van der Waals surface area contributed by atoms with Gasteiger partial charge in [0.1, 0.15) is 4.99 Å². The summed E-state index contributed by atoms with van der Waals surface area (Å²) in [6.45, 7) is 2.24. The van der Waals surface area contributed by atoms with E-state index in [1.165, 1.54) is 12.1 Å². The molecule has 19 heavy (non-hydrogen) atoms. The van der Waals surface area contributed by atoms with Gasteiger partial charge in [-0.25, -0.2) is 8.78 Å². The smallest absolute Gasteiger partial charge is 0.182 e. The zero-order valence-corrected chi connectivity index (χ0v) is 12.3. The predicted octanol–water partition coefficient (Wildman–Crippen LogP) is 2.17. The lowest BCUT2D eigenvalue weighted by atomic mass is 10.1. The fraction of sp³-hybridized carbons (Fsp3) is 0.417. The number of hydrogen-bond donors (Lipinski definition) is 2. The first-order valence-corrected chi connectivity index (χ1v) is 7.71. The van der Waals surface area contributed by atoms with E-state index in [1.807, 2.05) is 6.92 Å². The summed E-state index contributed by atoms with van der Waals surface area (Å²) in [5.41, 5.74) is 5.21. The minimum Gasteiger partial charge on any atom is -0.389 e. The Labute approximate surface area is 119 Å². The summed E-state index contributed by atoms with van der Waals surface area (Å²) < 4.78 is 38.4. The third-order valence-electron chi connectivity index (χ3n) is 2.78. The van der Waals surface area contributed by atoms with Crippen molar-refractivity contribution in [1.29, 1.82) is 0 Å². The monoisotopic (exact) mass is 306 g/mol. The molecule has 7 heteroatoms. The van der Waals surface area contributed by atoms with Crippen LogP contribution in [0.25, 0.3) is 0 Å². The van der Waals surface area contributed by atoms with Crippen molar-refractivity contribution >= 4 is 33.7 Å². The average Bonchev–Trinajstić information content (AvgIpc) is 2.33. The van der Waals surface area contributed by atoms with Crippen LogP contribution in [0.4, 0.5) is 14.5 Å². The molecule has 3 N–H and O–H groups in total. The molecule has 2 unspecified atom stereocenters. The Bertz CT molecular complexity index is 509. The van der Waals surface area contributed by atoms with Gasteiger partial charge in [0, 0.05) is 34.4 Å². The molecule has 0 aliphatic rings. The van der Waals surface area contributed by atoms with Crippen molar-refractivity contribution in [3.63, 3.8) is 0 Å². The molecule has 0 saturated heterocycles. The Kier molecular flexibility index (Phi) is 5.81. The van der Waals surface area contributed by atoms with Crippen LogP contribution in [0, 0.1) is 11.6 Å². The number of benzene rings is 1. The molecule has 0 aromatic heterocycles. The number of rotatable bonds is 6. The number of halogens is 2. The molecule has 0 saturated carbocycles. The minimum atomic E-state index is -1.05. The van der Waals surface area contributed by atoms with Crippen LogP contribution in [-0.2, 0) is 10.8 Å². The topological polar surface area (TPSA) is 55.1 Å². The predicted molar refractivity (Wildman–Crippen MR) is 78.9 cm³/mol. The summed E-state index contributed by atoms with van der Waals surface area (Å²) in [5, 5.41) is 2.77. The van der Waals surface area contributed by atoms with Gasteiger partial charge in [-0.3, -0.25) is 4.21 Å². The molecule has 0 amide bonds. The number of nitrogens with two attached hydrogens (primary N) is 1. The maximum Gasteiger partial charge on any atom is 0.182 e. The molecule has 106 valence electrons. The van der Waals surface area contributed by atoms with E-state index in [0.29, 0.717) is 13.0 Å². The van der Waals surface area contributed by atoms with Crippen molar-refractivity contribution in [1.82, 2.24) is 0 Å². The van der Waals surface area contributed by atoms with Crippen LogP contribution in [0.1, 0.15) is 18.9 Å². The van der Waals surface area contributed by atoms with Crippen LogP contribution in [0.5, 0.6) is 0 Å². The second kappa shape index (κ2) is 6.91. The summed E-state index contributed by atoms with van der Waals surface area (Å²) >= 11 is 4.62. The highest BCUT2D eigenvalue weighted by Gasteiger charge is 2.15. The molecular formula is C12H16F2N2OS2. The third kappa shape index (κ3) is 4.21. The zero-order valence-electron chi connectivity index (χ0n) is 10.7. The van der Waals surface area contributed by atoms with Crippen LogP contribution >= 0.6 is 12.2 Å². The molecule has 0 bridgehead atoms. The normalized spacial score (nSPS) is 13.9. The van der Waals surface area contributed by atoms with Crippen molar-refractivity contribution < 1.29 is 13.0 Å². The van der Waals surface area contributed by atoms with E-state index >= 15 is 0 Å². The van der Waals surface area contributed by atoms with E-state index in [9.17, 15) is 13.0 Å². The molecule has 1 aromatic rings. The fourth-order valence-electron chi connectivity index (χ4n) is 1.45. The van der Waals surface area contributed by atoms with E-state index in [1.54, 1.807) is 6.26 Å². The van der Waals surface area contributed by atoms with Gasteiger partial charge in [-0.15, -0.1) is 0 Å². The van der Waals surface area contributed by atoms with Gasteiger partial charge in [0.05, 0.1) is 5.69 Å². The Hall–Kier alpha value is -1.08. The van der Waals surface area contributed by atoms with E-state index in [2.05, 4.69) is 17.5 Å². The maximum atomic E-state index is 13.7. The Balaban J connectivity index is 2.73. The lowest BCUT2D eigenvalue weighted by Gasteiger charge is -2.12. The standard InChI is InChI=1S/C12H16F2N2OS2/c1-7(19(2)17)5-6-16-9-4-3-8(12(15)18)10(13)11(9)14/h3-4,7,16H,5-6H2,1-2H3,(H2,15,18). The van der Waals surface area contributed by atoms with E-state index < -0.39 is 22.4 Å². The van der Waals surface area contributed by atoms with Crippen LogP contribution in [0.15, 0.2) is 12.1 Å². The summed E-state index contributed by atoms with van der Waals surface area (Å²) in [4.78, 5) is -0.182. The quantitative estimate of drug-likeness (QED) is 0.791. The molecule has 0 aliphatic heterocycles. The first-order chi connectivity index (χ1) is 8.84. The number of nitrogens with one attached hydrogen (secondary N) is 1. The number of hydrogen-bond acceptors (Lipinski definition) is 3. The summed E-state index contributed by atoms with van der Waals surface area (Å²) in [6, 6.07) is 2.73. The van der Waals surface area contributed by atoms with Gasteiger partial charge in [-0.05, 0) is 18.6 Å². The second-order valence-corrected chi connectivity index (χ2v) is 6.42. The third-order valence-corrected chi connectivity index (χ3v) is 4.37. The van der Waals surface area contributed by atoms with Crippen LogP contribution in [0.2, 0.25) is 0 Å². The van der Waals surface area contributed by atoms with Crippen molar-refractivity contribution in [2.45, 2.75) is 18.6 Å².